The molecule has 26 heavy (non-hydrogen) atoms. The monoisotopic (exact) mass is 357 g/mol. The molecule has 1 aromatic heterocycles. The highest BCUT2D eigenvalue weighted by Gasteiger charge is 2.24. The van der Waals surface area contributed by atoms with E-state index in [9.17, 15) is 4.79 Å². The third kappa shape index (κ3) is 2.75. The molecule has 0 spiro atoms. The van der Waals surface area contributed by atoms with Crippen molar-refractivity contribution in [1.29, 1.82) is 0 Å². The minimum absolute atomic E-state index is 0.159. The van der Waals surface area contributed by atoms with Crippen molar-refractivity contribution in [3.63, 3.8) is 0 Å². The van der Waals surface area contributed by atoms with Gasteiger partial charge < -0.3 is 4.74 Å². The predicted octanol–water partition coefficient (Wildman–Crippen LogP) is 5.91. The van der Waals surface area contributed by atoms with Crippen molar-refractivity contribution in [2.24, 2.45) is 0 Å². The van der Waals surface area contributed by atoms with Crippen LogP contribution in [0.2, 0.25) is 0 Å². The van der Waals surface area contributed by atoms with Gasteiger partial charge in [0.2, 0.25) is 0 Å². The summed E-state index contributed by atoms with van der Waals surface area (Å²) in [5.41, 5.74) is 0.527. The molecule has 0 aliphatic carbocycles. The summed E-state index contributed by atoms with van der Waals surface area (Å²) in [6.45, 7) is 1.69. The first-order chi connectivity index (χ1) is 12.7. The maximum atomic E-state index is 12.4. The van der Waals surface area contributed by atoms with Crippen LogP contribution in [0.15, 0.2) is 72.8 Å². The number of benzene rings is 3. The second-order valence-corrected chi connectivity index (χ2v) is 8.00. The molecule has 0 fully saturated rings. The minimum atomic E-state index is -0.540. The second kappa shape index (κ2) is 6.67. The van der Waals surface area contributed by atoms with E-state index in [-0.39, 0.29) is 16.4 Å². The van der Waals surface area contributed by atoms with Gasteiger partial charge in [0, 0.05) is 21.2 Å². The Bertz CT molecular complexity index is 1150. The van der Waals surface area contributed by atoms with Gasteiger partial charge in [0.05, 0.1) is 5.56 Å². The summed E-state index contributed by atoms with van der Waals surface area (Å²) in [6.07, 6.45) is 4.77. The van der Waals surface area contributed by atoms with E-state index in [1.807, 2.05) is 30.3 Å². The standard InChI is InChI=1S/C23H17O2S/c1-3-16(2)25-23(24)17-13-14-22-20(15-17)19-11-7-8-12-21(19)26(22)18-9-5-4-6-10-18/h1,4-16H,2H3/q+1. The number of esters is 1. The van der Waals surface area contributed by atoms with Crippen molar-refractivity contribution in [2.45, 2.75) is 13.0 Å². The molecule has 0 amide bonds. The number of fused-ring (bicyclic) bond motifs is 3. The summed E-state index contributed by atoms with van der Waals surface area (Å²) in [5, 5.41) is 2.27. The van der Waals surface area contributed by atoms with Crippen LogP contribution in [0.3, 0.4) is 0 Å². The van der Waals surface area contributed by atoms with Crippen molar-refractivity contribution < 1.29 is 9.53 Å². The topological polar surface area (TPSA) is 26.3 Å². The van der Waals surface area contributed by atoms with Gasteiger partial charge in [0.1, 0.15) is 0 Å². The number of carbonyl (C=O) groups is 1. The molecule has 0 N–H and O–H groups in total. The van der Waals surface area contributed by atoms with Crippen LogP contribution in [0.1, 0.15) is 17.3 Å². The first-order valence-electron chi connectivity index (χ1n) is 8.39. The van der Waals surface area contributed by atoms with Gasteiger partial charge in [-0.15, -0.1) is 6.42 Å². The van der Waals surface area contributed by atoms with Crippen LogP contribution < -0.4 is 0 Å². The molecule has 4 rings (SSSR count). The van der Waals surface area contributed by atoms with Crippen molar-refractivity contribution >= 4 is 36.6 Å². The van der Waals surface area contributed by atoms with Crippen LogP contribution in [-0.2, 0) is 4.74 Å². The highest BCUT2D eigenvalue weighted by Crippen LogP contribution is 2.48. The zero-order valence-corrected chi connectivity index (χ0v) is 15.1. The lowest BCUT2D eigenvalue weighted by molar-refractivity contribution is 0.0439. The van der Waals surface area contributed by atoms with Crippen LogP contribution in [0.4, 0.5) is 0 Å². The Morgan fingerprint density at radius 3 is 2.42 bits per heavy atom. The number of thiophene rings is 1. The molecule has 4 aromatic rings. The lowest BCUT2D eigenvalue weighted by atomic mass is 10.1. The Labute approximate surface area is 155 Å². The van der Waals surface area contributed by atoms with Crippen LogP contribution in [-0.4, -0.2) is 12.1 Å². The highest BCUT2D eigenvalue weighted by molar-refractivity contribution is 7.50. The van der Waals surface area contributed by atoms with E-state index in [1.165, 1.54) is 19.7 Å². The Balaban J connectivity index is 1.94. The van der Waals surface area contributed by atoms with Gasteiger partial charge in [-0.1, -0.05) is 36.3 Å². The maximum Gasteiger partial charge on any atom is 0.339 e. The molecule has 1 heterocycles. The Kier molecular flexibility index (Phi) is 4.20. The maximum absolute atomic E-state index is 12.4. The fourth-order valence-electron chi connectivity index (χ4n) is 3.10. The van der Waals surface area contributed by atoms with Gasteiger partial charge in [-0.25, -0.2) is 4.79 Å². The van der Waals surface area contributed by atoms with Gasteiger partial charge >= 0.3 is 5.97 Å². The summed E-state index contributed by atoms with van der Waals surface area (Å²) >= 11 is 0. The smallest absolute Gasteiger partial charge is 0.339 e. The first-order valence-corrected chi connectivity index (χ1v) is 9.61. The van der Waals surface area contributed by atoms with E-state index in [2.05, 4.69) is 48.4 Å². The molecule has 3 aromatic carbocycles. The Hall–Kier alpha value is -3.09. The van der Waals surface area contributed by atoms with Gasteiger partial charge in [-0.05, 0) is 49.4 Å². The number of hydrogen-bond donors (Lipinski definition) is 0. The zero-order chi connectivity index (χ0) is 18.1. The molecule has 2 unspecified atom stereocenters. The van der Waals surface area contributed by atoms with Gasteiger partial charge in [0.25, 0.3) is 0 Å². The van der Waals surface area contributed by atoms with E-state index in [1.54, 1.807) is 6.92 Å². The second-order valence-electron chi connectivity index (χ2n) is 6.04. The van der Waals surface area contributed by atoms with Crippen molar-refractivity contribution in [1.82, 2.24) is 0 Å². The molecule has 0 aliphatic rings. The normalized spacial score (nSPS) is 12.7. The summed E-state index contributed by atoms with van der Waals surface area (Å²) in [5.74, 6) is 2.03. The molecule has 0 aliphatic heterocycles. The zero-order valence-electron chi connectivity index (χ0n) is 14.3. The molecule has 3 heteroatoms. The summed E-state index contributed by atoms with van der Waals surface area (Å²) in [4.78, 5) is 13.6. The summed E-state index contributed by atoms with van der Waals surface area (Å²) < 4.78 is 7.80. The van der Waals surface area contributed by atoms with E-state index in [0.29, 0.717) is 5.56 Å². The third-order valence-electron chi connectivity index (χ3n) is 4.33. The highest BCUT2D eigenvalue weighted by atomic mass is 32.2. The van der Waals surface area contributed by atoms with Gasteiger partial charge in [-0.2, -0.15) is 0 Å². The quantitative estimate of drug-likeness (QED) is 0.259. The lowest BCUT2D eigenvalue weighted by Crippen LogP contribution is -2.12. The molecule has 2 atom stereocenters. The van der Waals surface area contributed by atoms with Crippen LogP contribution >= 0.6 is 10.5 Å². The number of terminal acetylenes is 1. The van der Waals surface area contributed by atoms with Gasteiger partial charge in [-0.3, -0.25) is 0 Å². The first kappa shape index (κ1) is 16.4. The summed E-state index contributed by atoms with van der Waals surface area (Å²) in [7, 11) is -0.159. The molecule has 0 radical (unpaired) electrons. The molecule has 126 valence electrons. The average molecular weight is 357 g/mol. The largest absolute Gasteiger partial charge is 0.446 e. The Morgan fingerprint density at radius 1 is 0.962 bits per heavy atom. The van der Waals surface area contributed by atoms with Crippen LogP contribution in [0.25, 0.3) is 25.1 Å². The molecule has 0 saturated carbocycles. The minimum Gasteiger partial charge on any atom is -0.446 e. The molecule has 0 saturated heterocycles. The van der Waals surface area contributed by atoms with E-state index >= 15 is 0 Å². The molecular weight excluding hydrogens is 340 g/mol. The van der Waals surface area contributed by atoms with Crippen LogP contribution in [0, 0.1) is 12.3 Å². The van der Waals surface area contributed by atoms with Crippen molar-refractivity contribution in [3.8, 4) is 17.2 Å². The van der Waals surface area contributed by atoms with E-state index in [0.717, 1.165) is 5.39 Å². The molecule has 0 bridgehead atoms. The van der Waals surface area contributed by atoms with Gasteiger partial charge in [0.15, 0.2) is 20.4 Å². The number of rotatable bonds is 3. The molecular formula is C23H17O2S+. The van der Waals surface area contributed by atoms with Crippen molar-refractivity contribution in [3.05, 3.63) is 78.4 Å². The van der Waals surface area contributed by atoms with Crippen molar-refractivity contribution in [2.75, 3.05) is 0 Å². The predicted molar refractivity (Wildman–Crippen MR) is 109 cm³/mol. The fraction of sp³-hybridized carbons (Fsp3) is 0.0870. The average Bonchev–Trinajstić information content (AvgIpc) is 3.02. The number of ether oxygens (including phenoxy) is 1. The fourth-order valence-corrected chi connectivity index (χ4v) is 5.48. The SMILES string of the molecule is C#CC(C)OC(=O)c1ccc2c(c1)c1ccccc1[s+]2-c1ccccc1. The third-order valence-corrected chi connectivity index (χ3v) is 6.66. The van der Waals surface area contributed by atoms with Crippen LogP contribution in [0.5, 0.6) is 0 Å². The molecule has 2 nitrogen and oxygen atoms in total. The number of carbonyl (C=O) groups excluding carboxylic acids is 1. The van der Waals surface area contributed by atoms with E-state index in [4.69, 9.17) is 11.2 Å². The lowest BCUT2D eigenvalue weighted by Gasteiger charge is -2.06. The Morgan fingerprint density at radius 2 is 1.65 bits per heavy atom. The summed E-state index contributed by atoms with van der Waals surface area (Å²) in [6, 6.07) is 24.7. The van der Waals surface area contributed by atoms with E-state index < -0.39 is 6.10 Å². The number of hydrogen-bond acceptors (Lipinski definition) is 2.